The van der Waals surface area contributed by atoms with Gasteiger partial charge in [0.25, 0.3) is 5.91 Å². The van der Waals surface area contributed by atoms with Crippen LogP contribution in [0.25, 0.3) is 0 Å². The van der Waals surface area contributed by atoms with E-state index in [-0.39, 0.29) is 17.7 Å². The van der Waals surface area contributed by atoms with Gasteiger partial charge in [-0.1, -0.05) is 19.9 Å². The number of hydrogen-bond donors (Lipinski definition) is 2. The van der Waals surface area contributed by atoms with Crippen LogP contribution in [0.15, 0.2) is 48.8 Å². The van der Waals surface area contributed by atoms with Crippen molar-refractivity contribution in [3.05, 3.63) is 59.9 Å². The molecule has 0 aliphatic rings. The normalized spacial score (nSPS) is 10.5. The summed E-state index contributed by atoms with van der Waals surface area (Å²) in [6, 6.07) is 10.7. The van der Waals surface area contributed by atoms with E-state index in [4.69, 9.17) is 0 Å². The molecule has 5 heteroatoms. The van der Waals surface area contributed by atoms with E-state index >= 15 is 0 Å². The van der Waals surface area contributed by atoms with Crippen LogP contribution in [0.1, 0.15) is 42.6 Å². The number of amides is 2. The van der Waals surface area contributed by atoms with Crippen LogP contribution in [-0.2, 0) is 11.3 Å². The SMILES string of the molecule is CCC(CC)C(=O)Nc1ccc(C(=O)NCc2cccnc2)cc1. The summed E-state index contributed by atoms with van der Waals surface area (Å²) in [5, 5.41) is 5.73. The van der Waals surface area contributed by atoms with E-state index in [1.807, 2.05) is 26.0 Å². The highest BCUT2D eigenvalue weighted by Crippen LogP contribution is 2.14. The number of carbonyl (C=O) groups is 2. The number of nitrogens with zero attached hydrogens (tertiary/aromatic N) is 1. The van der Waals surface area contributed by atoms with Crippen LogP contribution in [0.4, 0.5) is 5.69 Å². The van der Waals surface area contributed by atoms with Crippen molar-refractivity contribution in [3.8, 4) is 0 Å². The van der Waals surface area contributed by atoms with Crippen molar-refractivity contribution >= 4 is 17.5 Å². The Hall–Kier alpha value is -2.69. The molecule has 1 heterocycles. The molecule has 0 saturated heterocycles. The largest absolute Gasteiger partial charge is 0.348 e. The van der Waals surface area contributed by atoms with Gasteiger partial charge in [-0.25, -0.2) is 0 Å². The summed E-state index contributed by atoms with van der Waals surface area (Å²) in [4.78, 5) is 28.2. The summed E-state index contributed by atoms with van der Waals surface area (Å²) >= 11 is 0. The second kappa shape index (κ2) is 8.82. The number of anilines is 1. The van der Waals surface area contributed by atoms with Crippen LogP contribution in [0.2, 0.25) is 0 Å². The van der Waals surface area contributed by atoms with E-state index in [1.54, 1.807) is 36.7 Å². The average Bonchev–Trinajstić information content (AvgIpc) is 2.62. The second-order valence-electron chi connectivity index (χ2n) is 5.62. The van der Waals surface area contributed by atoms with Gasteiger partial charge in [-0.3, -0.25) is 14.6 Å². The van der Waals surface area contributed by atoms with E-state index in [0.29, 0.717) is 17.8 Å². The number of pyridine rings is 1. The number of nitrogens with one attached hydrogen (secondary N) is 2. The van der Waals surface area contributed by atoms with Gasteiger partial charge in [-0.15, -0.1) is 0 Å². The molecule has 2 N–H and O–H groups in total. The molecule has 1 aromatic carbocycles. The Kier molecular flexibility index (Phi) is 6.49. The van der Waals surface area contributed by atoms with Gasteiger partial charge in [-0.05, 0) is 48.7 Å². The number of rotatable bonds is 7. The zero-order valence-corrected chi connectivity index (χ0v) is 14.1. The van der Waals surface area contributed by atoms with Gasteiger partial charge in [0.15, 0.2) is 0 Å². The minimum absolute atomic E-state index is 0.0208. The van der Waals surface area contributed by atoms with Crippen molar-refractivity contribution < 1.29 is 9.59 Å². The monoisotopic (exact) mass is 325 g/mol. The minimum atomic E-state index is -0.156. The molecule has 0 unspecified atom stereocenters. The van der Waals surface area contributed by atoms with Gasteiger partial charge in [0.05, 0.1) is 0 Å². The first-order valence-corrected chi connectivity index (χ1v) is 8.22. The third kappa shape index (κ3) is 4.91. The molecule has 24 heavy (non-hydrogen) atoms. The Morgan fingerprint density at radius 1 is 1.08 bits per heavy atom. The maximum Gasteiger partial charge on any atom is 0.251 e. The molecular weight excluding hydrogens is 302 g/mol. The molecule has 0 aliphatic heterocycles. The first-order valence-electron chi connectivity index (χ1n) is 8.22. The number of hydrogen-bond acceptors (Lipinski definition) is 3. The topological polar surface area (TPSA) is 71.1 Å². The van der Waals surface area contributed by atoms with Crippen molar-refractivity contribution in [2.45, 2.75) is 33.2 Å². The van der Waals surface area contributed by atoms with Crippen molar-refractivity contribution in [3.63, 3.8) is 0 Å². The molecule has 126 valence electrons. The highest BCUT2D eigenvalue weighted by Gasteiger charge is 2.14. The predicted molar refractivity (Wildman–Crippen MR) is 94.6 cm³/mol. The van der Waals surface area contributed by atoms with Crippen LogP contribution >= 0.6 is 0 Å². The summed E-state index contributed by atoms with van der Waals surface area (Å²) < 4.78 is 0. The van der Waals surface area contributed by atoms with Gasteiger partial charge >= 0.3 is 0 Å². The predicted octanol–water partition coefficient (Wildman–Crippen LogP) is 3.39. The van der Waals surface area contributed by atoms with Gasteiger partial charge in [-0.2, -0.15) is 0 Å². The van der Waals surface area contributed by atoms with Gasteiger partial charge in [0.2, 0.25) is 5.91 Å². The lowest BCUT2D eigenvalue weighted by Gasteiger charge is -2.13. The molecule has 0 atom stereocenters. The maximum atomic E-state index is 12.1. The third-order valence-corrected chi connectivity index (χ3v) is 3.95. The molecule has 2 rings (SSSR count). The van der Waals surface area contributed by atoms with Gasteiger partial charge < -0.3 is 10.6 Å². The lowest BCUT2D eigenvalue weighted by molar-refractivity contribution is -0.120. The second-order valence-corrected chi connectivity index (χ2v) is 5.62. The van der Waals surface area contributed by atoms with E-state index < -0.39 is 0 Å². The summed E-state index contributed by atoms with van der Waals surface area (Å²) in [7, 11) is 0. The molecule has 0 spiro atoms. The molecule has 1 aromatic heterocycles. The molecule has 0 bridgehead atoms. The Balaban J connectivity index is 1.91. The van der Waals surface area contributed by atoms with Crippen molar-refractivity contribution in [2.24, 2.45) is 5.92 Å². The summed E-state index contributed by atoms with van der Waals surface area (Å²) in [5.41, 5.74) is 2.20. The van der Waals surface area contributed by atoms with Crippen LogP contribution in [0.5, 0.6) is 0 Å². The van der Waals surface area contributed by atoms with Crippen LogP contribution < -0.4 is 10.6 Å². The van der Waals surface area contributed by atoms with Crippen LogP contribution in [0.3, 0.4) is 0 Å². The minimum Gasteiger partial charge on any atom is -0.348 e. The lowest BCUT2D eigenvalue weighted by atomic mass is 10.0. The van der Waals surface area contributed by atoms with E-state index in [2.05, 4.69) is 15.6 Å². The fourth-order valence-electron chi connectivity index (χ4n) is 2.40. The van der Waals surface area contributed by atoms with Crippen LogP contribution in [-0.4, -0.2) is 16.8 Å². The molecule has 5 nitrogen and oxygen atoms in total. The summed E-state index contributed by atoms with van der Waals surface area (Å²) in [5.74, 6) is -0.113. The molecular formula is C19H23N3O2. The van der Waals surface area contributed by atoms with E-state index in [9.17, 15) is 9.59 Å². The van der Waals surface area contributed by atoms with Crippen LogP contribution in [0, 0.1) is 5.92 Å². The number of benzene rings is 1. The number of aromatic nitrogens is 1. The Morgan fingerprint density at radius 3 is 2.38 bits per heavy atom. The fraction of sp³-hybridized carbons (Fsp3) is 0.316. The molecule has 0 saturated carbocycles. The maximum absolute atomic E-state index is 12.1. The number of carbonyl (C=O) groups excluding carboxylic acids is 2. The first-order chi connectivity index (χ1) is 11.6. The van der Waals surface area contributed by atoms with E-state index in [1.165, 1.54) is 0 Å². The Bertz CT molecular complexity index is 665. The highest BCUT2D eigenvalue weighted by atomic mass is 16.2. The van der Waals surface area contributed by atoms with Crippen molar-refractivity contribution in [1.82, 2.24) is 10.3 Å². The standard InChI is InChI=1S/C19H23N3O2/c1-3-15(4-2)19(24)22-17-9-7-16(8-10-17)18(23)21-13-14-6-5-11-20-12-14/h5-12,15H,3-4,13H2,1-2H3,(H,21,23)(H,22,24). The smallest absolute Gasteiger partial charge is 0.251 e. The van der Waals surface area contributed by atoms with Crippen molar-refractivity contribution in [1.29, 1.82) is 0 Å². The lowest BCUT2D eigenvalue weighted by Crippen LogP contribution is -2.23. The van der Waals surface area contributed by atoms with E-state index in [0.717, 1.165) is 18.4 Å². The molecule has 2 amide bonds. The van der Waals surface area contributed by atoms with Crippen molar-refractivity contribution in [2.75, 3.05) is 5.32 Å². The fourth-order valence-corrected chi connectivity index (χ4v) is 2.40. The zero-order valence-electron chi connectivity index (χ0n) is 14.1. The Labute approximate surface area is 142 Å². The summed E-state index contributed by atoms with van der Waals surface area (Å²) in [6.45, 7) is 4.44. The summed E-state index contributed by atoms with van der Waals surface area (Å²) in [6.07, 6.45) is 5.05. The first kappa shape index (κ1) is 17.7. The highest BCUT2D eigenvalue weighted by molar-refractivity contribution is 5.96. The van der Waals surface area contributed by atoms with Gasteiger partial charge in [0.1, 0.15) is 0 Å². The molecule has 0 fully saturated rings. The quantitative estimate of drug-likeness (QED) is 0.820. The third-order valence-electron chi connectivity index (χ3n) is 3.95. The molecule has 0 radical (unpaired) electrons. The Morgan fingerprint density at radius 2 is 1.79 bits per heavy atom. The van der Waals surface area contributed by atoms with Gasteiger partial charge in [0, 0.05) is 36.1 Å². The average molecular weight is 325 g/mol. The molecule has 2 aromatic rings. The molecule has 0 aliphatic carbocycles. The zero-order chi connectivity index (χ0) is 17.4.